The fourth-order valence-electron chi connectivity index (χ4n) is 2.25. The minimum Gasteiger partial charge on any atom is -0.387 e. The lowest BCUT2D eigenvalue weighted by Crippen LogP contribution is -2.25. The van der Waals surface area contributed by atoms with Crippen LogP contribution >= 0.6 is 0 Å². The standard InChI is InChI=1S/C13H15F3N2/c14-9-6-10(15)12(16)11(7-9)18-13(17)8-4-2-1-3-5-8/h6-8H,1-5H2,(H2,17,18). The molecule has 1 aromatic carbocycles. The van der Waals surface area contributed by atoms with Gasteiger partial charge in [0.05, 0.1) is 0 Å². The zero-order chi connectivity index (χ0) is 13.1. The van der Waals surface area contributed by atoms with Gasteiger partial charge in [-0.05, 0) is 12.8 Å². The lowest BCUT2D eigenvalue weighted by atomic mass is 9.88. The van der Waals surface area contributed by atoms with Gasteiger partial charge < -0.3 is 5.73 Å². The predicted octanol–water partition coefficient (Wildman–Crippen LogP) is 3.67. The van der Waals surface area contributed by atoms with Crippen LogP contribution in [0.1, 0.15) is 32.1 Å². The molecule has 1 aliphatic carbocycles. The molecule has 2 rings (SSSR count). The topological polar surface area (TPSA) is 38.4 Å². The van der Waals surface area contributed by atoms with Gasteiger partial charge in [0.25, 0.3) is 0 Å². The monoisotopic (exact) mass is 256 g/mol. The van der Waals surface area contributed by atoms with Crippen LogP contribution in [0.25, 0.3) is 0 Å². The second-order valence-electron chi connectivity index (χ2n) is 4.59. The first-order valence-electron chi connectivity index (χ1n) is 6.06. The molecule has 98 valence electrons. The van der Waals surface area contributed by atoms with Gasteiger partial charge in [0, 0.05) is 18.1 Å². The Morgan fingerprint density at radius 1 is 1.11 bits per heavy atom. The molecule has 5 heteroatoms. The molecule has 0 bridgehead atoms. The van der Waals surface area contributed by atoms with E-state index in [9.17, 15) is 13.2 Å². The van der Waals surface area contributed by atoms with Crippen LogP contribution in [-0.4, -0.2) is 5.84 Å². The third-order valence-corrected chi connectivity index (χ3v) is 3.25. The van der Waals surface area contributed by atoms with Crippen molar-refractivity contribution in [3.8, 4) is 0 Å². The Morgan fingerprint density at radius 3 is 2.44 bits per heavy atom. The Hall–Kier alpha value is -1.52. The molecule has 2 nitrogen and oxygen atoms in total. The summed E-state index contributed by atoms with van der Waals surface area (Å²) in [5, 5.41) is 0. The van der Waals surface area contributed by atoms with Crippen LogP contribution in [0.15, 0.2) is 17.1 Å². The average molecular weight is 256 g/mol. The molecule has 0 aliphatic heterocycles. The van der Waals surface area contributed by atoms with E-state index in [-0.39, 0.29) is 17.4 Å². The number of halogens is 3. The molecule has 1 aliphatic rings. The maximum Gasteiger partial charge on any atom is 0.184 e. The van der Waals surface area contributed by atoms with Crippen LogP contribution in [0.2, 0.25) is 0 Å². The van der Waals surface area contributed by atoms with Crippen LogP contribution in [0, 0.1) is 23.4 Å². The summed E-state index contributed by atoms with van der Waals surface area (Å²) in [4.78, 5) is 3.84. The molecule has 0 radical (unpaired) electrons. The zero-order valence-electron chi connectivity index (χ0n) is 9.93. The van der Waals surface area contributed by atoms with E-state index in [1.165, 1.54) is 0 Å². The number of rotatable bonds is 2. The summed E-state index contributed by atoms with van der Waals surface area (Å²) in [5.41, 5.74) is 5.42. The number of aliphatic imine (C=N–C) groups is 1. The Kier molecular flexibility index (Phi) is 3.89. The summed E-state index contributed by atoms with van der Waals surface area (Å²) < 4.78 is 39.4. The van der Waals surface area contributed by atoms with Crippen molar-refractivity contribution in [3.05, 3.63) is 29.6 Å². The van der Waals surface area contributed by atoms with Gasteiger partial charge >= 0.3 is 0 Å². The van der Waals surface area contributed by atoms with E-state index in [4.69, 9.17) is 5.73 Å². The van der Waals surface area contributed by atoms with Crippen molar-refractivity contribution >= 4 is 11.5 Å². The van der Waals surface area contributed by atoms with E-state index in [1.54, 1.807) is 0 Å². The maximum absolute atomic E-state index is 13.4. The number of amidine groups is 1. The van der Waals surface area contributed by atoms with Crippen molar-refractivity contribution in [3.63, 3.8) is 0 Å². The third-order valence-electron chi connectivity index (χ3n) is 3.25. The number of hydrogen-bond acceptors (Lipinski definition) is 1. The van der Waals surface area contributed by atoms with E-state index >= 15 is 0 Å². The van der Waals surface area contributed by atoms with Crippen molar-refractivity contribution in [1.82, 2.24) is 0 Å². The highest BCUT2D eigenvalue weighted by molar-refractivity contribution is 5.85. The number of hydrogen-bond donors (Lipinski definition) is 1. The maximum atomic E-state index is 13.4. The molecule has 0 atom stereocenters. The van der Waals surface area contributed by atoms with E-state index < -0.39 is 17.5 Å². The smallest absolute Gasteiger partial charge is 0.184 e. The summed E-state index contributed by atoms with van der Waals surface area (Å²) >= 11 is 0. The molecule has 1 fully saturated rings. The van der Waals surface area contributed by atoms with Crippen molar-refractivity contribution in [2.24, 2.45) is 16.6 Å². The quantitative estimate of drug-likeness (QED) is 0.489. The molecule has 0 spiro atoms. The highest BCUT2D eigenvalue weighted by Crippen LogP contribution is 2.27. The van der Waals surface area contributed by atoms with Crippen molar-refractivity contribution in [1.29, 1.82) is 0 Å². The van der Waals surface area contributed by atoms with Crippen LogP contribution < -0.4 is 5.73 Å². The Morgan fingerprint density at radius 2 is 1.78 bits per heavy atom. The third kappa shape index (κ3) is 2.83. The second-order valence-corrected chi connectivity index (χ2v) is 4.59. The first-order valence-corrected chi connectivity index (χ1v) is 6.06. The summed E-state index contributed by atoms with van der Waals surface area (Å²) in [5.74, 6) is -2.91. The summed E-state index contributed by atoms with van der Waals surface area (Å²) in [6.07, 6.45) is 5.07. The molecule has 2 N–H and O–H groups in total. The highest BCUT2D eigenvalue weighted by atomic mass is 19.2. The number of benzene rings is 1. The molecule has 1 aromatic rings. The Bertz CT molecular complexity index is 466. The van der Waals surface area contributed by atoms with Gasteiger partial charge in [0.1, 0.15) is 17.3 Å². The first kappa shape index (κ1) is 12.9. The van der Waals surface area contributed by atoms with Gasteiger partial charge in [-0.1, -0.05) is 19.3 Å². The molecular weight excluding hydrogens is 241 g/mol. The normalized spacial score (nSPS) is 18.1. The fourth-order valence-corrected chi connectivity index (χ4v) is 2.25. The van der Waals surface area contributed by atoms with Gasteiger partial charge in [-0.15, -0.1) is 0 Å². The Labute approximate surface area is 104 Å². The summed E-state index contributed by atoms with van der Waals surface area (Å²) in [7, 11) is 0. The van der Waals surface area contributed by atoms with E-state index in [0.29, 0.717) is 6.07 Å². The van der Waals surface area contributed by atoms with Gasteiger partial charge in [-0.2, -0.15) is 0 Å². The fraction of sp³-hybridized carbons (Fsp3) is 0.462. The number of nitrogens with zero attached hydrogens (tertiary/aromatic N) is 1. The van der Waals surface area contributed by atoms with Gasteiger partial charge in [0.15, 0.2) is 11.6 Å². The largest absolute Gasteiger partial charge is 0.387 e. The molecule has 0 amide bonds. The molecule has 0 heterocycles. The van der Waals surface area contributed by atoms with Crippen molar-refractivity contribution in [2.75, 3.05) is 0 Å². The van der Waals surface area contributed by atoms with Crippen LogP contribution in [0.3, 0.4) is 0 Å². The van der Waals surface area contributed by atoms with Crippen molar-refractivity contribution in [2.45, 2.75) is 32.1 Å². The molecule has 0 saturated heterocycles. The average Bonchev–Trinajstić information content (AvgIpc) is 2.36. The minimum absolute atomic E-state index is 0.0875. The van der Waals surface area contributed by atoms with E-state index in [0.717, 1.165) is 38.2 Å². The highest BCUT2D eigenvalue weighted by Gasteiger charge is 2.18. The van der Waals surface area contributed by atoms with Crippen molar-refractivity contribution < 1.29 is 13.2 Å². The molecular formula is C13H15F3N2. The molecule has 0 aromatic heterocycles. The summed E-state index contributed by atoms with van der Waals surface area (Å²) in [6, 6.07) is 1.35. The second kappa shape index (κ2) is 5.42. The SMILES string of the molecule is NC(=Nc1cc(F)cc(F)c1F)C1CCCCC1. The van der Waals surface area contributed by atoms with Crippen LogP contribution in [0.4, 0.5) is 18.9 Å². The van der Waals surface area contributed by atoms with Gasteiger partial charge in [-0.3, -0.25) is 0 Å². The lowest BCUT2D eigenvalue weighted by molar-refractivity contribution is 0.437. The van der Waals surface area contributed by atoms with E-state index in [2.05, 4.69) is 4.99 Å². The van der Waals surface area contributed by atoms with Crippen LogP contribution in [-0.2, 0) is 0 Å². The molecule has 1 saturated carbocycles. The predicted molar refractivity (Wildman–Crippen MR) is 64.2 cm³/mol. The lowest BCUT2D eigenvalue weighted by Gasteiger charge is -2.20. The molecule has 18 heavy (non-hydrogen) atoms. The van der Waals surface area contributed by atoms with Gasteiger partial charge in [-0.25, -0.2) is 18.2 Å². The van der Waals surface area contributed by atoms with Gasteiger partial charge in [0.2, 0.25) is 0 Å². The van der Waals surface area contributed by atoms with E-state index in [1.807, 2.05) is 0 Å². The zero-order valence-corrected chi connectivity index (χ0v) is 9.93. The summed E-state index contributed by atoms with van der Waals surface area (Å²) in [6.45, 7) is 0. The first-order chi connectivity index (χ1) is 8.58. The Balaban J connectivity index is 2.26. The van der Waals surface area contributed by atoms with Crippen LogP contribution in [0.5, 0.6) is 0 Å². The number of nitrogens with two attached hydrogens (primary N) is 1. The molecule has 0 unspecified atom stereocenters. The minimum atomic E-state index is -1.25.